The Morgan fingerprint density at radius 2 is 1.52 bits per heavy atom. The van der Waals surface area contributed by atoms with Crippen LogP contribution in [0, 0.1) is 5.82 Å². The lowest BCUT2D eigenvalue weighted by atomic mass is 9.72. The van der Waals surface area contributed by atoms with Crippen LogP contribution in [0.1, 0.15) is 29.9 Å². The summed E-state index contributed by atoms with van der Waals surface area (Å²) in [6.07, 6.45) is 6.19. The molecule has 1 saturated heterocycles. The summed E-state index contributed by atoms with van der Waals surface area (Å²) >= 11 is 0. The van der Waals surface area contributed by atoms with Crippen LogP contribution >= 0.6 is 0 Å². The molecule has 1 N–H and O–H groups in total. The average Bonchev–Trinajstić information content (AvgIpc) is 2.80. The second-order valence-corrected chi connectivity index (χ2v) is 8.11. The molecular weight excluding hydrogens is 400 g/mol. The van der Waals surface area contributed by atoms with E-state index in [0.717, 1.165) is 5.56 Å². The van der Waals surface area contributed by atoms with E-state index in [1.165, 1.54) is 41.3 Å². The van der Waals surface area contributed by atoms with Crippen LogP contribution in [0.4, 0.5) is 8.78 Å². The number of alkyl halides is 1. The number of nitrogens with zero attached hydrogens (tertiary/aromatic N) is 1. The summed E-state index contributed by atoms with van der Waals surface area (Å²) in [6, 6.07) is 15.0. The largest absolute Gasteiger partial charge is 0.481 e. The highest BCUT2D eigenvalue weighted by Gasteiger charge is 2.47. The number of hydrogen-bond donors (Lipinski definition) is 1. The monoisotopic (exact) mass is 423 g/mol. The highest BCUT2D eigenvalue weighted by molar-refractivity contribution is 5.90. The van der Waals surface area contributed by atoms with Crippen molar-refractivity contribution < 1.29 is 23.5 Å². The van der Waals surface area contributed by atoms with Crippen LogP contribution < -0.4 is 0 Å². The Hall–Kier alpha value is -3.28. The van der Waals surface area contributed by atoms with Gasteiger partial charge in [0.25, 0.3) is 5.91 Å². The van der Waals surface area contributed by atoms with E-state index in [1.54, 1.807) is 12.2 Å². The molecule has 0 radical (unpaired) electrons. The van der Waals surface area contributed by atoms with Crippen LogP contribution in [-0.4, -0.2) is 40.6 Å². The van der Waals surface area contributed by atoms with E-state index in [4.69, 9.17) is 0 Å². The second kappa shape index (κ2) is 8.10. The average molecular weight is 423 g/mol. The van der Waals surface area contributed by atoms with Crippen LogP contribution in [0.15, 0.2) is 78.9 Å². The van der Waals surface area contributed by atoms with Crippen LogP contribution in [-0.2, 0) is 15.0 Å². The summed E-state index contributed by atoms with van der Waals surface area (Å²) in [5, 5.41) is 9.88. The first-order valence-corrected chi connectivity index (χ1v) is 10.3. The van der Waals surface area contributed by atoms with E-state index < -0.39 is 28.8 Å². The molecular formula is C25H23F2NO3. The Morgan fingerprint density at radius 3 is 2.06 bits per heavy atom. The van der Waals surface area contributed by atoms with Gasteiger partial charge in [-0.05, 0) is 48.3 Å². The van der Waals surface area contributed by atoms with Crippen LogP contribution in [0.3, 0.4) is 0 Å². The Morgan fingerprint density at radius 1 is 0.935 bits per heavy atom. The molecule has 31 heavy (non-hydrogen) atoms. The predicted octanol–water partition coefficient (Wildman–Crippen LogP) is 4.39. The van der Waals surface area contributed by atoms with Gasteiger partial charge >= 0.3 is 5.97 Å². The molecule has 0 atom stereocenters. The molecule has 1 fully saturated rings. The third kappa shape index (κ3) is 3.90. The maximum Gasteiger partial charge on any atom is 0.314 e. The van der Waals surface area contributed by atoms with E-state index in [2.05, 4.69) is 0 Å². The highest BCUT2D eigenvalue weighted by Crippen LogP contribution is 2.38. The zero-order valence-corrected chi connectivity index (χ0v) is 16.9. The molecule has 1 heterocycles. The molecule has 1 aliphatic heterocycles. The van der Waals surface area contributed by atoms with Crippen molar-refractivity contribution in [1.82, 2.24) is 4.90 Å². The van der Waals surface area contributed by atoms with Gasteiger partial charge in [-0.3, -0.25) is 9.59 Å². The molecule has 4 nitrogen and oxygen atoms in total. The number of amides is 1. The number of likely N-dealkylation sites (tertiary alicyclic amines) is 1. The van der Waals surface area contributed by atoms with Gasteiger partial charge in [0.15, 0.2) is 0 Å². The Kier molecular flexibility index (Phi) is 5.48. The number of carbonyl (C=O) groups is 2. The number of halogens is 2. The Balaban J connectivity index is 1.47. The Bertz CT molecular complexity index is 1010. The third-order valence-corrected chi connectivity index (χ3v) is 6.31. The molecule has 4 rings (SSSR count). The summed E-state index contributed by atoms with van der Waals surface area (Å²) in [6.45, 7) is 0.218. The molecule has 2 aromatic rings. The van der Waals surface area contributed by atoms with E-state index in [1.807, 2.05) is 30.3 Å². The van der Waals surface area contributed by atoms with Gasteiger partial charge in [-0.2, -0.15) is 0 Å². The molecule has 0 bridgehead atoms. The summed E-state index contributed by atoms with van der Waals surface area (Å²) in [5.74, 6) is -2.26. The SMILES string of the molecule is O=C(N1CCC(C(=O)O)(c2ccc(F)cc2)CC1)C1(F)C=CC(c2ccccc2)C=C1. The van der Waals surface area contributed by atoms with Gasteiger partial charge in [-0.15, -0.1) is 0 Å². The first-order chi connectivity index (χ1) is 14.8. The number of piperidine rings is 1. The van der Waals surface area contributed by atoms with E-state index in [-0.39, 0.29) is 31.8 Å². The van der Waals surface area contributed by atoms with Gasteiger partial charge < -0.3 is 10.0 Å². The third-order valence-electron chi connectivity index (χ3n) is 6.31. The minimum Gasteiger partial charge on any atom is -0.481 e. The van der Waals surface area contributed by atoms with E-state index in [9.17, 15) is 19.1 Å². The van der Waals surface area contributed by atoms with Crippen molar-refractivity contribution in [3.63, 3.8) is 0 Å². The van der Waals surface area contributed by atoms with Gasteiger partial charge in [0, 0.05) is 19.0 Å². The number of hydrogen-bond acceptors (Lipinski definition) is 2. The predicted molar refractivity (Wildman–Crippen MR) is 113 cm³/mol. The molecule has 0 unspecified atom stereocenters. The quantitative estimate of drug-likeness (QED) is 0.743. The summed E-state index contributed by atoms with van der Waals surface area (Å²) in [7, 11) is 0. The molecule has 160 valence electrons. The van der Waals surface area contributed by atoms with E-state index >= 15 is 4.39 Å². The summed E-state index contributed by atoms with van der Waals surface area (Å²) in [5.41, 5.74) is -1.96. The maximum atomic E-state index is 15.4. The normalized spacial score (nSPS) is 24.7. The molecule has 1 aliphatic carbocycles. The molecule has 0 spiro atoms. The van der Waals surface area contributed by atoms with E-state index in [0.29, 0.717) is 5.56 Å². The fourth-order valence-corrected chi connectivity index (χ4v) is 4.38. The first-order valence-electron chi connectivity index (χ1n) is 10.3. The molecule has 2 aliphatic rings. The fraction of sp³-hybridized carbons (Fsp3) is 0.280. The number of carboxylic acids is 1. The number of carboxylic acid groups (broad SMARTS) is 1. The van der Waals surface area contributed by atoms with Crippen LogP contribution in [0.5, 0.6) is 0 Å². The molecule has 0 aromatic heterocycles. The lowest BCUT2D eigenvalue weighted by molar-refractivity contribution is -0.150. The van der Waals surface area contributed by atoms with Crippen molar-refractivity contribution in [2.24, 2.45) is 0 Å². The highest BCUT2D eigenvalue weighted by atomic mass is 19.1. The van der Waals surface area contributed by atoms with Gasteiger partial charge in [0.1, 0.15) is 5.82 Å². The molecule has 2 aromatic carbocycles. The van der Waals surface area contributed by atoms with Gasteiger partial charge in [-0.25, -0.2) is 8.78 Å². The number of allylic oxidation sites excluding steroid dienone is 2. The minimum absolute atomic E-state index is 0.0997. The fourth-order valence-electron chi connectivity index (χ4n) is 4.38. The van der Waals surface area contributed by atoms with Gasteiger partial charge in [-0.1, -0.05) is 54.6 Å². The number of aliphatic carboxylic acids is 1. The van der Waals surface area contributed by atoms with Crippen LogP contribution in [0.2, 0.25) is 0 Å². The van der Waals surface area contributed by atoms with Crippen molar-refractivity contribution in [3.05, 3.63) is 95.8 Å². The Labute approximate surface area is 179 Å². The smallest absolute Gasteiger partial charge is 0.314 e. The number of carbonyl (C=O) groups excluding carboxylic acids is 1. The number of benzene rings is 2. The van der Waals surface area contributed by atoms with Gasteiger partial charge in [0.05, 0.1) is 5.41 Å². The van der Waals surface area contributed by atoms with Crippen molar-refractivity contribution in [3.8, 4) is 0 Å². The standard InChI is InChI=1S/C25H23F2NO3/c26-21-8-6-20(7-9-21)24(23(30)31)14-16-28(17-15-24)22(29)25(27)12-10-19(11-13-25)18-4-2-1-3-5-18/h1-13,19H,14-17H2,(H,30,31). The summed E-state index contributed by atoms with van der Waals surface area (Å²) < 4.78 is 28.7. The number of rotatable bonds is 4. The van der Waals surface area contributed by atoms with Crippen LogP contribution in [0.25, 0.3) is 0 Å². The van der Waals surface area contributed by atoms with Crippen molar-refractivity contribution in [2.45, 2.75) is 29.8 Å². The molecule has 6 heteroatoms. The van der Waals surface area contributed by atoms with Crippen molar-refractivity contribution in [1.29, 1.82) is 0 Å². The van der Waals surface area contributed by atoms with Crippen molar-refractivity contribution >= 4 is 11.9 Å². The van der Waals surface area contributed by atoms with Crippen molar-refractivity contribution in [2.75, 3.05) is 13.1 Å². The molecule has 0 saturated carbocycles. The lowest BCUT2D eigenvalue weighted by Gasteiger charge is -2.40. The molecule has 1 amide bonds. The topological polar surface area (TPSA) is 57.6 Å². The zero-order valence-electron chi connectivity index (χ0n) is 16.9. The second-order valence-electron chi connectivity index (χ2n) is 8.11. The lowest BCUT2D eigenvalue weighted by Crippen LogP contribution is -2.53. The minimum atomic E-state index is -2.25. The summed E-state index contributed by atoms with van der Waals surface area (Å²) in [4.78, 5) is 26.4. The van der Waals surface area contributed by atoms with Gasteiger partial charge in [0.2, 0.25) is 5.67 Å². The first kappa shape index (κ1) is 21.0. The maximum absolute atomic E-state index is 15.4. The zero-order chi connectivity index (χ0) is 22.1.